The van der Waals surface area contributed by atoms with Crippen LogP contribution >= 0.6 is 0 Å². The lowest BCUT2D eigenvalue weighted by Crippen LogP contribution is -2.12. The SMILES string of the molecule is FC(F)(F)C1=CC(C(F)(F)F)=C2C=CC=C12. The van der Waals surface area contributed by atoms with E-state index in [0.717, 1.165) is 12.2 Å². The third-order valence-electron chi connectivity index (χ3n) is 2.30. The molecule has 16 heavy (non-hydrogen) atoms. The lowest BCUT2D eigenvalue weighted by atomic mass is 10.1. The van der Waals surface area contributed by atoms with Gasteiger partial charge in [-0.3, -0.25) is 0 Å². The Hall–Kier alpha value is -1.46. The quantitative estimate of drug-likeness (QED) is 0.562. The van der Waals surface area contributed by atoms with Crippen LogP contribution in [0.4, 0.5) is 26.3 Å². The summed E-state index contributed by atoms with van der Waals surface area (Å²) in [6.07, 6.45) is -6.13. The summed E-state index contributed by atoms with van der Waals surface area (Å²) in [5.74, 6) is 0. The summed E-state index contributed by atoms with van der Waals surface area (Å²) in [6.45, 7) is 0. The molecule has 0 saturated carbocycles. The van der Waals surface area contributed by atoms with Gasteiger partial charge in [0, 0.05) is 0 Å². The van der Waals surface area contributed by atoms with Crippen LogP contribution in [0.2, 0.25) is 0 Å². The van der Waals surface area contributed by atoms with E-state index in [4.69, 9.17) is 0 Å². The van der Waals surface area contributed by atoms with Crippen LogP contribution < -0.4 is 0 Å². The first-order chi connectivity index (χ1) is 7.21. The zero-order valence-corrected chi connectivity index (χ0v) is 7.58. The number of rotatable bonds is 0. The maximum atomic E-state index is 12.4. The van der Waals surface area contributed by atoms with Crippen molar-refractivity contribution in [2.24, 2.45) is 0 Å². The predicted octanol–water partition coefficient (Wildman–Crippen LogP) is 3.84. The molecule has 0 saturated heterocycles. The van der Waals surface area contributed by atoms with Crippen LogP contribution in [0.5, 0.6) is 0 Å². The molecular formula is C10H4F6. The highest BCUT2D eigenvalue weighted by Crippen LogP contribution is 2.47. The monoisotopic (exact) mass is 238 g/mol. The first-order valence-corrected chi connectivity index (χ1v) is 4.21. The Morgan fingerprint density at radius 1 is 0.875 bits per heavy atom. The van der Waals surface area contributed by atoms with Crippen LogP contribution in [0.15, 0.2) is 46.6 Å². The summed E-state index contributed by atoms with van der Waals surface area (Å²) in [6, 6.07) is 0. The van der Waals surface area contributed by atoms with Crippen molar-refractivity contribution in [3.63, 3.8) is 0 Å². The summed E-state index contributed by atoms with van der Waals surface area (Å²) >= 11 is 0. The number of allylic oxidation sites excluding steroid dienone is 8. The topological polar surface area (TPSA) is 0 Å². The average molecular weight is 238 g/mol. The van der Waals surface area contributed by atoms with Gasteiger partial charge in [-0.1, -0.05) is 18.2 Å². The third kappa shape index (κ3) is 1.58. The Kier molecular flexibility index (Phi) is 2.09. The van der Waals surface area contributed by atoms with Crippen molar-refractivity contribution in [1.29, 1.82) is 0 Å². The van der Waals surface area contributed by atoms with Gasteiger partial charge in [0.25, 0.3) is 0 Å². The van der Waals surface area contributed by atoms with Gasteiger partial charge in [-0.05, 0) is 17.2 Å². The first kappa shape index (κ1) is 11.0. The van der Waals surface area contributed by atoms with Crippen LogP contribution in [-0.2, 0) is 0 Å². The van der Waals surface area contributed by atoms with Crippen LogP contribution in [-0.4, -0.2) is 12.4 Å². The highest BCUT2D eigenvalue weighted by atomic mass is 19.4. The van der Waals surface area contributed by atoms with E-state index < -0.39 is 34.6 Å². The molecule has 0 aliphatic heterocycles. The van der Waals surface area contributed by atoms with Crippen molar-refractivity contribution in [2.45, 2.75) is 12.4 Å². The Morgan fingerprint density at radius 2 is 1.50 bits per heavy atom. The van der Waals surface area contributed by atoms with Gasteiger partial charge in [0.05, 0.1) is 11.1 Å². The number of hydrogen-bond donors (Lipinski definition) is 0. The van der Waals surface area contributed by atoms with Gasteiger partial charge in [0.1, 0.15) is 0 Å². The summed E-state index contributed by atoms with van der Waals surface area (Å²) in [4.78, 5) is 0. The molecule has 2 aliphatic carbocycles. The van der Waals surface area contributed by atoms with Crippen molar-refractivity contribution in [1.82, 2.24) is 0 Å². The molecule has 2 aliphatic rings. The van der Waals surface area contributed by atoms with Crippen LogP contribution in [0.25, 0.3) is 0 Å². The predicted molar refractivity (Wildman–Crippen MR) is 44.4 cm³/mol. The summed E-state index contributed by atoms with van der Waals surface area (Å²) in [5.41, 5.74) is -3.28. The highest BCUT2D eigenvalue weighted by Gasteiger charge is 2.46. The molecule has 6 heteroatoms. The zero-order chi connectivity index (χ0) is 12.1. The molecule has 0 radical (unpaired) electrons. The Balaban J connectivity index is 2.54. The number of halogens is 6. The molecular weight excluding hydrogens is 234 g/mol. The summed E-state index contributed by atoms with van der Waals surface area (Å²) < 4.78 is 74.6. The lowest BCUT2D eigenvalue weighted by Gasteiger charge is -2.08. The summed E-state index contributed by atoms with van der Waals surface area (Å²) in [5, 5.41) is 0. The molecule has 0 spiro atoms. The minimum Gasteiger partial charge on any atom is -0.166 e. The van der Waals surface area contributed by atoms with Crippen molar-refractivity contribution in [3.8, 4) is 0 Å². The molecule has 0 fully saturated rings. The standard InChI is InChI=1S/C10H4F6/c11-9(12,13)7-4-8(10(14,15)16)6-3-1-2-5(6)7/h1-4H. The zero-order valence-electron chi connectivity index (χ0n) is 7.58. The van der Waals surface area contributed by atoms with E-state index in [9.17, 15) is 26.3 Å². The van der Waals surface area contributed by atoms with Gasteiger partial charge >= 0.3 is 12.4 Å². The lowest BCUT2D eigenvalue weighted by molar-refractivity contribution is -0.0917. The van der Waals surface area contributed by atoms with E-state index in [1.165, 1.54) is 6.08 Å². The number of alkyl halides is 6. The van der Waals surface area contributed by atoms with Crippen molar-refractivity contribution in [3.05, 3.63) is 46.6 Å². The highest BCUT2D eigenvalue weighted by molar-refractivity contribution is 5.69. The van der Waals surface area contributed by atoms with Gasteiger partial charge in [0.2, 0.25) is 0 Å². The molecule has 0 aromatic heterocycles. The van der Waals surface area contributed by atoms with Gasteiger partial charge < -0.3 is 0 Å². The first-order valence-electron chi connectivity index (χ1n) is 4.21. The fourth-order valence-electron chi connectivity index (χ4n) is 1.66. The largest absolute Gasteiger partial charge is 0.417 e. The van der Waals surface area contributed by atoms with Gasteiger partial charge in [-0.15, -0.1) is 0 Å². The van der Waals surface area contributed by atoms with Gasteiger partial charge in [0.15, 0.2) is 0 Å². The Morgan fingerprint density at radius 3 is 2.00 bits per heavy atom. The van der Waals surface area contributed by atoms with E-state index in [-0.39, 0.29) is 6.08 Å². The second-order valence-corrected chi connectivity index (χ2v) is 3.32. The second kappa shape index (κ2) is 3.02. The van der Waals surface area contributed by atoms with Gasteiger partial charge in [-0.2, -0.15) is 26.3 Å². The molecule has 0 aromatic rings. The van der Waals surface area contributed by atoms with E-state index in [2.05, 4.69) is 0 Å². The molecule has 0 nitrogen and oxygen atoms in total. The van der Waals surface area contributed by atoms with E-state index in [1.807, 2.05) is 0 Å². The van der Waals surface area contributed by atoms with Gasteiger partial charge in [-0.25, -0.2) is 0 Å². The van der Waals surface area contributed by atoms with Crippen LogP contribution in [0.3, 0.4) is 0 Å². The smallest absolute Gasteiger partial charge is 0.166 e. The van der Waals surface area contributed by atoms with E-state index in [0.29, 0.717) is 0 Å². The number of hydrogen-bond acceptors (Lipinski definition) is 0. The normalized spacial score (nSPS) is 20.1. The Labute approximate surface area is 86.2 Å². The van der Waals surface area contributed by atoms with Crippen molar-refractivity contribution < 1.29 is 26.3 Å². The third-order valence-corrected chi connectivity index (χ3v) is 2.30. The molecule has 0 unspecified atom stereocenters. The van der Waals surface area contributed by atoms with Crippen LogP contribution in [0.1, 0.15) is 0 Å². The molecule has 0 amide bonds. The molecule has 2 rings (SSSR count). The average Bonchev–Trinajstić information content (AvgIpc) is 2.54. The summed E-state index contributed by atoms with van der Waals surface area (Å²) in [7, 11) is 0. The molecule has 0 atom stereocenters. The second-order valence-electron chi connectivity index (χ2n) is 3.32. The Bertz CT molecular complexity index is 453. The van der Waals surface area contributed by atoms with E-state index >= 15 is 0 Å². The molecule has 86 valence electrons. The number of fused-ring (bicyclic) bond motifs is 1. The maximum absolute atomic E-state index is 12.4. The van der Waals surface area contributed by atoms with Crippen molar-refractivity contribution >= 4 is 0 Å². The molecule has 0 N–H and O–H groups in total. The molecule has 0 heterocycles. The maximum Gasteiger partial charge on any atom is 0.417 e. The van der Waals surface area contributed by atoms with E-state index in [1.54, 1.807) is 0 Å². The minimum atomic E-state index is -4.77. The molecule has 0 aromatic carbocycles. The molecule has 0 bridgehead atoms. The fourth-order valence-corrected chi connectivity index (χ4v) is 1.66. The van der Waals surface area contributed by atoms with Crippen LogP contribution in [0, 0.1) is 0 Å². The van der Waals surface area contributed by atoms with Crippen molar-refractivity contribution in [2.75, 3.05) is 0 Å². The minimum absolute atomic E-state index is 0.157. The fraction of sp³-hybridized carbons (Fsp3) is 0.200.